The van der Waals surface area contributed by atoms with Crippen LogP contribution < -0.4 is 5.32 Å². The molecule has 1 N–H and O–H groups in total. The van der Waals surface area contributed by atoms with Gasteiger partial charge in [0.2, 0.25) is 0 Å². The standard InChI is InChI=1S/C15H16N4O/c1-11-8-17-19(10-11)14-5-6-16-9-13(14)18-12(2)15-4-3-7-20-15/h3-10,12,18H,1-2H3/t12-/m0/s1. The third-order valence-electron chi connectivity index (χ3n) is 3.10. The van der Waals surface area contributed by atoms with Crippen molar-refractivity contribution in [2.75, 3.05) is 5.32 Å². The molecule has 0 bridgehead atoms. The molecular weight excluding hydrogens is 252 g/mol. The molecule has 0 fully saturated rings. The highest BCUT2D eigenvalue weighted by atomic mass is 16.3. The molecule has 0 aromatic carbocycles. The van der Waals surface area contributed by atoms with Crippen molar-refractivity contribution in [1.29, 1.82) is 0 Å². The van der Waals surface area contributed by atoms with Crippen molar-refractivity contribution in [3.63, 3.8) is 0 Å². The maximum atomic E-state index is 5.41. The number of aromatic nitrogens is 3. The van der Waals surface area contributed by atoms with Crippen LogP contribution in [0.4, 0.5) is 5.69 Å². The van der Waals surface area contributed by atoms with E-state index >= 15 is 0 Å². The first kappa shape index (κ1) is 12.5. The summed E-state index contributed by atoms with van der Waals surface area (Å²) in [6.07, 6.45) is 9.05. The zero-order valence-corrected chi connectivity index (χ0v) is 11.4. The molecule has 0 aliphatic heterocycles. The summed E-state index contributed by atoms with van der Waals surface area (Å²) in [7, 11) is 0. The number of aryl methyl sites for hydroxylation is 1. The second-order valence-corrected chi connectivity index (χ2v) is 4.74. The van der Waals surface area contributed by atoms with E-state index in [4.69, 9.17) is 4.42 Å². The minimum Gasteiger partial charge on any atom is -0.467 e. The molecule has 102 valence electrons. The number of nitrogens with one attached hydrogen (secondary N) is 1. The summed E-state index contributed by atoms with van der Waals surface area (Å²) >= 11 is 0. The Hall–Kier alpha value is -2.56. The lowest BCUT2D eigenvalue weighted by molar-refractivity contribution is 0.490. The second-order valence-electron chi connectivity index (χ2n) is 4.74. The third-order valence-corrected chi connectivity index (χ3v) is 3.10. The predicted molar refractivity (Wildman–Crippen MR) is 76.8 cm³/mol. The maximum absolute atomic E-state index is 5.41. The van der Waals surface area contributed by atoms with Crippen molar-refractivity contribution < 1.29 is 4.42 Å². The van der Waals surface area contributed by atoms with Gasteiger partial charge in [-0.25, -0.2) is 4.68 Å². The Labute approximate surface area is 117 Å². The highest BCUT2D eigenvalue weighted by Gasteiger charge is 2.12. The molecule has 0 saturated carbocycles. The lowest BCUT2D eigenvalue weighted by Gasteiger charge is -2.15. The van der Waals surface area contributed by atoms with Crippen LogP contribution in [0.2, 0.25) is 0 Å². The van der Waals surface area contributed by atoms with Gasteiger partial charge in [0, 0.05) is 12.4 Å². The summed E-state index contributed by atoms with van der Waals surface area (Å²) in [5.74, 6) is 0.886. The van der Waals surface area contributed by atoms with Crippen molar-refractivity contribution in [3.8, 4) is 5.69 Å². The smallest absolute Gasteiger partial charge is 0.125 e. The minimum atomic E-state index is 0.0598. The van der Waals surface area contributed by atoms with Gasteiger partial charge in [0.1, 0.15) is 5.76 Å². The zero-order valence-electron chi connectivity index (χ0n) is 11.4. The van der Waals surface area contributed by atoms with Gasteiger partial charge in [-0.15, -0.1) is 0 Å². The van der Waals surface area contributed by atoms with Gasteiger partial charge >= 0.3 is 0 Å². The highest BCUT2D eigenvalue weighted by molar-refractivity contribution is 5.59. The number of hydrogen-bond donors (Lipinski definition) is 1. The molecular formula is C15H16N4O. The quantitative estimate of drug-likeness (QED) is 0.788. The van der Waals surface area contributed by atoms with Crippen molar-refractivity contribution in [2.45, 2.75) is 19.9 Å². The first-order valence-corrected chi connectivity index (χ1v) is 6.49. The van der Waals surface area contributed by atoms with Crippen LogP contribution in [-0.2, 0) is 0 Å². The van der Waals surface area contributed by atoms with Crippen LogP contribution in [-0.4, -0.2) is 14.8 Å². The molecule has 0 amide bonds. The van der Waals surface area contributed by atoms with Crippen molar-refractivity contribution >= 4 is 5.69 Å². The van der Waals surface area contributed by atoms with Crippen LogP contribution in [0.15, 0.2) is 53.7 Å². The third kappa shape index (κ3) is 2.42. The molecule has 0 unspecified atom stereocenters. The average Bonchev–Trinajstić information content (AvgIpc) is 3.10. The van der Waals surface area contributed by atoms with Crippen LogP contribution >= 0.6 is 0 Å². The summed E-state index contributed by atoms with van der Waals surface area (Å²) in [4.78, 5) is 4.18. The molecule has 3 rings (SSSR count). The second kappa shape index (κ2) is 5.21. The van der Waals surface area contributed by atoms with Gasteiger partial charge in [0.15, 0.2) is 0 Å². The Morgan fingerprint density at radius 3 is 2.90 bits per heavy atom. The average molecular weight is 268 g/mol. The van der Waals surface area contributed by atoms with Gasteiger partial charge < -0.3 is 9.73 Å². The number of hydrogen-bond acceptors (Lipinski definition) is 4. The summed E-state index contributed by atoms with van der Waals surface area (Å²) in [5.41, 5.74) is 3.00. The fraction of sp³-hybridized carbons (Fsp3) is 0.200. The van der Waals surface area contributed by atoms with Crippen LogP contribution in [0.1, 0.15) is 24.3 Å². The van der Waals surface area contributed by atoms with E-state index in [-0.39, 0.29) is 6.04 Å². The molecule has 0 spiro atoms. The van der Waals surface area contributed by atoms with Gasteiger partial charge in [-0.1, -0.05) is 0 Å². The molecule has 3 aromatic rings. The zero-order chi connectivity index (χ0) is 13.9. The lowest BCUT2D eigenvalue weighted by Crippen LogP contribution is -2.09. The van der Waals surface area contributed by atoms with Gasteiger partial charge in [-0.2, -0.15) is 5.10 Å². The Balaban J connectivity index is 1.90. The van der Waals surface area contributed by atoms with Crippen LogP contribution in [0.3, 0.4) is 0 Å². The molecule has 0 saturated heterocycles. The topological polar surface area (TPSA) is 55.9 Å². The molecule has 20 heavy (non-hydrogen) atoms. The van der Waals surface area contributed by atoms with Crippen molar-refractivity contribution in [3.05, 3.63) is 60.6 Å². The molecule has 0 aliphatic carbocycles. The maximum Gasteiger partial charge on any atom is 0.125 e. The summed E-state index contributed by atoms with van der Waals surface area (Å²) < 4.78 is 7.25. The molecule has 5 nitrogen and oxygen atoms in total. The molecule has 5 heteroatoms. The molecule has 1 atom stereocenters. The molecule has 0 aliphatic rings. The Bertz CT molecular complexity index is 687. The number of furan rings is 1. The Morgan fingerprint density at radius 2 is 2.20 bits per heavy atom. The van der Waals surface area contributed by atoms with E-state index in [1.165, 1.54) is 0 Å². The lowest BCUT2D eigenvalue weighted by atomic mass is 10.2. The van der Waals surface area contributed by atoms with Gasteiger partial charge in [-0.05, 0) is 37.6 Å². The highest BCUT2D eigenvalue weighted by Crippen LogP contribution is 2.24. The first-order chi connectivity index (χ1) is 9.74. The van der Waals surface area contributed by atoms with Gasteiger partial charge in [-0.3, -0.25) is 4.98 Å². The molecule has 3 aromatic heterocycles. The van der Waals surface area contributed by atoms with Crippen molar-refractivity contribution in [2.24, 2.45) is 0 Å². The van der Waals surface area contributed by atoms with Gasteiger partial charge in [0.05, 0.1) is 36.1 Å². The minimum absolute atomic E-state index is 0.0598. The Morgan fingerprint density at radius 1 is 1.30 bits per heavy atom. The van der Waals surface area contributed by atoms with E-state index in [0.717, 1.165) is 22.7 Å². The molecule has 3 heterocycles. The number of pyridine rings is 1. The predicted octanol–water partition coefficient (Wildman–Crippen LogP) is 3.34. The fourth-order valence-electron chi connectivity index (χ4n) is 2.08. The molecule has 0 radical (unpaired) electrons. The van der Waals surface area contributed by atoms with Crippen LogP contribution in [0, 0.1) is 6.92 Å². The van der Waals surface area contributed by atoms with E-state index in [2.05, 4.69) is 15.4 Å². The summed E-state index contributed by atoms with van der Waals surface area (Å²) in [6.45, 7) is 4.06. The summed E-state index contributed by atoms with van der Waals surface area (Å²) in [6, 6.07) is 5.83. The van der Waals surface area contributed by atoms with E-state index in [1.54, 1.807) is 18.7 Å². The van der Waals surface area contributed by atoms with E-state index in [0.29, 0.717) is 0 Å². The van der Waals surface area contributed by atoms with Crippen LogP contribution in [0.25, 0.3) is 5.69 Å². The number of nitrogens with zero attached hydrogens (tertiary/aromatic N) is 3. The van der Waals surface area contributed by atoms with E-state index < -0.39 is 0 Å². The van der Waals surface area contributed by atoms with Crippen molar-refractivity contribution in [1.82, 2.24) is 14.8 Å². The monoisotopic (exact) mass is 268 g/mol. The van der Waals surface area contributed by atoms with Gasteiger partial charge in [0.25, 0.3) is 0 Å². The first-order valence-electron chi connectivity index (χ1n) is 6.49. The number of anilines is 1. The SMILES string of the molecule is Cc1cnn(-c2ccncc2N[C@@H](C)c2ccco2)c1. The fourth-order valence-corrected chi connectivity index (χ4v) is 2.08. The van der Waals surface area contributed by atoms with E-state index in [1.807, 2.05) is 49.1 Å². The number of rotatable bonds is 4. The Kier molecular flexibility index (Phi) is 3.25. The van der Waals surface area contributed by atoms with Crippen LogP contribution in [0.5, 0.6) is 0 Å². The largest absolute Gasteiger partial charge is 0.467 e. The van der Waals surface area contributed by atoms with E-state index in [9.17, 15) is 0 Å². The summed E-state index contributed by atoms with van der Waals surface area (Å²) in [5, 5.41) is 7.75. The normalized spacial score (nSPS) is 12.3.